The molecule has 0 saturated heterocycles. The maximum absolute atomic E-state index is 5.23. The molecule has 0 atom stereocenters. The van der Waals surface area contributed by atoms with Crippen LogP contribution >= 0.6 is 0 Å². The highest BCUT2D eigenvalue weighted by molar-refractivity contribution is 5.17. The SMILES string of the molecule is COn1cc[n+](C)c1Cc1ccccc1. The van der Waals surface area contributed by atoms with E-state index < -0.39 is 0 Å². The van der Waals surface area contributed by atoms with Crippen molar-refractivity contribution in [2.24, 2.45) is 7.05 Å². The molecule has 0 bridgehead atoms. The van der Waals surface area contributed by atoms with Crippen LogP contribution in [0.5, 0.6) is 0 Å². The largest absolute Gasteiger partial charge is 0.339 e. The smallest absolute Gasteiger partial charge is 0.300 e. The second-order valence-electron chi connectivity index (χ2n) is 3.50. The Morgan fingerprint density at radius 1 is 1.27 bits per heavy atom. The number of hydrogen-bond donors (Lipinski definition) is 0. The van der Waals surface area contributed by atoms with E-state index in [1.54, 1.807) is 11.8 Å². The van der Waals surface area contributed by atoms with Crippen LogP contribution in [-0.2, 0) is 13.5 Å². The molecule has 0 unspecified atom stereocenters. The van der Waals surface area contributed by atoms with Crippen LogP contribution in [0.3, 0.4) is 0 Å². The summed E-state index contributed by atoms with van der Waals surface area (Å²) in [6.45, 7) is 0. The Morgan fingerprint density at radius 3 is 2.67 bits per heavy atom. The highest BCUT2D eigenvalue weighted by atomic mass is 16.6. The molecule has 78 valence electrons. The molecule has 0 fully saturated rings. The fourth-order valence-corrected chi connectivity index (χ4v) is 1.64. The summed E-state index contributed by atoms with van der Waals surface area (Å²) in [6.07, 6.45) is 4.78. The van der Waals surface area contributed by atoms with Gasteiger partial charge in [0.1, 0.15) is 13.3 Å². The van der Waals surface area contributed by atoms with Crippen LogP contribution in [0.1, 0.15) is 11.4 Å². The minimum absolute atomic E-state index is 0.873. The number of imidazole rings is 1. The van der Waals surface area contributed by atoms with Crippen molar-refractivity contribution >= 4 is 0 Å². The third-order valence-corrected chi connectivity index (χ3v) is 2.49. The maximum atomic E-state index is 5.23. The molecule has 1 aromatic carbocycles. The van der Waals surface area contributed by atoms with E-state index in [0.717, 1.165) is 12.2 Å². The Kier molecular flexibility index (Phi) is 2.72. The third-order valence-electron chi connectivity index (χ3n) is 2.49. The lowest BCUT2D eigenvalue weighted by molar-refractivity contribution is -0.679. The number of benzene rings is 1. The third kappa shape index (κ3) is 2.01. The summed E-state index contributed by atoms with van der Waals surface area (Å²) in [6, 6.07) is 10.4. The van der Waals surface area contributed by atoms with Gasteiger partial charge >= 0.3 is 5.82 Å². The van der Waals surface area contributed by atoms with Crippen molar-refractivity contribution in [3.63, 3.8) is 0 Å². The van der Waals surface area contributed by atoms with Crippen LogP contribution in [0.4, 0.5) is 0 Å². The molecule has 15 heavy (non-hydrogen) atoms. The molecule has 2 aromatic rings. The lowest BCUT2D eigenvalue weighted by atomic mass is 10.1. The summed E-state index contributed by atoms with van der Waals surface area (Å²) >= 11 is 0. The van der Waals surface area contributed by atoms with E-state index in [4.69, 9.17) is 4.84 Å². The second kappa shape index (κ2) is 4.17. The number of rotatable bonds is 3. The molecule has 1 heterocycles. The molecule has 0 amide bonds. The summed E-state index contributed by atoms with van der Waals surface area (Å²) in [4.78, 5) is 5.23. The quantitative estimate of drug-likeness (QED) is 0.680. The lowest BCUT2D eigenvalue weighted by Gasteiger charge is -2.00. The van der Waals surface area contributed by atoms with Crippen LogP contribution < -0.4 is 9.40 Å². The second-order valence-corrected chi connectivity index (χ2v) is 3.50. The van der Waals surface area contributed by atoms with E-state index in [0.29, 0.717) is 0 Å². The van der Waals surface area contributed by atoms with Gasteiger partial charge in [0.2, 0.25) is 0 Å². The van der Waals surface area contributed by atoms with Gasteiger partial charge in [0, 0.05) is 0 Å². The van der Waals surface area contributed by atoms with Crippen molar-refractivity contribution in [2.75, 3.05) is 7.11 Å². The summed E-state index contributed by atoms with van der Waals surface area (Å²) in [7, 11) is 3.70. The Labute approximate surface area is 89.5 Å². The number of hydrogen-bond acceptors (Lipinski definition) is 1. The lowest BCUT2D eigenvalue weighted by Crippen LogP contribution is -2.33. The van der Waals surface area contributed by atoms with Gasteiger partial charge in [-0.1, -0.05) is 30.3 Å². The normalized spacial score (nSPS) is 10.3. The van der Waals surface area contributed by atoms with Gasteiger partial charge in [0.25, 0.3) is 0 Å². The fourth-order valence-electron chi connectivity index (χ4n) is 1.64. The molecule has 1 aromatic heterocycles. The van der Waals surface area contributed by atoms with E-state index in [9.17, 15) is 0 Å². The van der Waals surface area contributed by atoms with Gasteiger partial charge in [-0.05, 0) is 10.3 Å². The first kappa shape index (κ1) is 9.77. The monoisotopic (exact) mass is 203 g/mol. The van der Waals surface area contributed by atoms with Crippen molar-refractivity contribution in [1.29, 1.82) is 0 Å². The van der Waals surface area contributed by atoms with Crippen molar-refractivity contribution < 1.29 is 9.40 Å². The number of nitrogens with zero attached hydrogens (tertiary/aromatic N) is 2. The zero-order valence-corrected chi connectivity index (χ0v) is 9.05. The van der Waals surface area contributed by atoms with Crippen LogP contribution in [-0.4, -0.2) is 11.8 Å². The van der Waals surface area contributed by atoms with E-state index in [2.05, 4.69) is 28.8 Å². The molecule has 0 spiro atoms. The molecular weight excluding hydrogens is 188 g/mol. The molecule has 3 nitrogen and oxygen atoms in total. The van der Waals surface area contributed by atoms with Crippen molar-refractivity contribution in [3.05, 3.63) is 54.1 Å². The zero-order chi connectivity index (χ0) is 10.7. The van der Waals surface area contributed by atoms with Gasteiger partial charge in [-0.15, -0.1) is 0 Å². The average molecular weight is 203 g/mol. The molecular formula is C12H15N2O+. The van der Waals surface area contributed by atoms with Gasteiger partial charge in [0.15, 0.2) is 6.20 Å². The Hall–Kier alpha value is -1.77. The van der Waals surface area contributed by atoms with E-state index in [-0.39, 0.29) is 0 Å². The minimum atomic E-state index is 0.873. The molecule has 0 saturated carbocycles. The van der Waals surface area contributed by atoms with Gasteiger partial charge < -0.3 is 4.84 Å². The van der Waals surface area contributed by atoms with Gasteiger partial charge in [-0.3, -0.25) is 0 Å². The predicted octanol–water partition coefficient (Wildman–Crippen LogP) is 0.962. The van der Waals surface area contributed by atoms with Crippen LogP contribution in [0.2, 0.25) is 0 Å². The summed E-state index contributed by atoms with van der Waals surface area (Å²) in [5, 5.41) is 0. The fraction of sp³-hybridized carbons (Fsp3) is 0.250. The first-order chi connectivity index (χ1) is 7.31. The molecule has 0 aliphatic carbocycles. The van der Waals surface area contributed by atoms with Crippen molar-refractivity contribution in [2.45, 2.75) is 6.42 Å². The topological polar surface area (TPSA) is 18.0 Å². The maximum Gasteiger partial charge on any atom is 0.300 e. The molecule has 3 heteroatoms. The molecule has 2 rings (SSSR count). The Bertz CT molecular complexity index is 434. The summed E-state index contributed by atoms with van der Waals surface area (Å²) in [5.74, 6) is 1.13. The minimum Gasteiger partial charge on any atom is -0.339 e. The van der Waals surface area contributed by atoms with Crippen molar-refractivity contribution in [1.82, 2.24) is 4.73 Å². The number of aromatic nitrogens is 2. The number of aryl methyl sites for hydroxylation is 1. The molecule has 0 radical (unpaired) electrons. The summed E-state index contributed by atoms with van der Waals surface area (Å²) < 4.78 is 3.85. The Balaban J connectivity index is 2.27. The summed E-state index contributed by atoms with van der Waals surface area (Å²) in [5.41, 5.74) is 1.28. The highest BCUT2D eigenvalue weighted by Crippen LogP contribution is 2.05. The Morgan fingerprint density at radius 2 is 2.00 bits per heavy atom. The van der Waals surface area contributed by atoms with E-state index in [1.165, 1.54) is 5.56 Å². The zero-order valence-electron chi connectivity index (χ0n) is 9.05. The first-order valence-corrected chi connectivity index (χ1v) is 4.95. The molecule has 0 N–H and O–H groups in total. The average Bonchev–Trinajstić information content (AvgIpc) is 2.62. The van der Waals surface area contributed by atoms with Gasteiger partial charge in [-0.2, -0.15) is 0 Å². The highest BCUT2D eigenvalue weighted by Gasteiger charge is 2.15. The van der Waals surface area contributed by atoms with Gasteiger partial charge in [-0.25, -0.2) is 4.57 Å². The van der Waals surface area contributed by atoms with Crippen molar-refractivity contribution in [3.8, 4) is 0 Å². The van der Waals surface area contributed by atoms with Gasteiger partial charge in [0.05, 0.1) is 13.5 Å². The van der Waals surface area contributed by atoms with E-state index >= 15 is 0 Å². The molecule has 0 aliphatic rings. The van der Waals surface area contributed by atoms with Crippen LogP contribution in [0.15, 0.2) is 42.7 Å². The van der Waals surface area contributed by atoms with Crippen LogP contribution in [0, 0.1) is 0 Å². The first-order valence-electron chi connectivity index (χ1n) is 4.95. The predicted molar refractivity (Wildman–Crippen MR) is 57.4 cm³/mol. The van der Waals surface area contributed by atoms with Crippen LogP contribution in [0.25, 0.3) is 0 Å². The standard InChI is InChI=1S/C12H15N2O/c1-13-8-9-14(15-2)12(13)10-11-6-4-3-5-7-11/h3-9H,10H2,1-2H3/q+1. The molecule has 0 aliphatic heterocycles. The van der Waals surface area contributed by atoms with E-state index in [1.807, 2.05) is 25.5 Å².